The molecule has 1 aromatic rings. The molecular formula is C19H19F5O. The molecule has 6 heteroatoms. The lowest BCUT2D eigenvalue weighted by atomic mass is 9.81. The van der Waals surface area contributed by atoms with Crippen molar-refractivity contribution in [1.29, 1.82) is 0 Å². The van der Waals surface area contributed by atoms with E-state index in [9.17, 15) is 22.0 Å². The van der Waals surface area contributed by atoms with Crippen molar-refractivity contribution in [2.45, 2.75) is 45.4 Å². The summed E-state index contributed by atoms with van der Waals surface area (Å²) in [6, 6.07) is 1.44. The Morgan fingerprint density at radius 2 is 1.72 bits per heavy atom. The Balaban J connectivity index is 2.00. The SMILES string of the molecule is CCC1CCC(C=CC#Cc2cc(F)c(OC(F)(F)F)c(F)c2)CC1. The smallest absolute Gasteiger partial charge is 0.399 e. The number of allylic oxidation sites excluding steroid dienone is 2. The summed E-state index contributed by atoms with van der Waals surface area (Å²) in [6.45, 7) is 2.19. The first-order valence-electron chi connectivity index (χ1n) is 8.21. The average molecular weight is 358 g/mol. The van der Waals surface area contributed by atoms with Gasteiger partial charge in [0.2, 0.25) is 5.75 Å². The summed E-state index contributed by atoms with van der Waals surface area (Å²) in [5.41, 5.74) is -0.0520. The first-order valence-corrected chi connectivity index (χ1v) is 8.21. The van der Waals surface area contributed by atoms with Gasteiger partial charge < -0.3 is 4.74 Å². The first kappa shape index (κ1) is 19.3. The van der Waals surface area contributed by atoms with E-state index in [2.05, 4.69) is 23.5 Å². The Kier molecular flexibility index (Phi) is 6.46. The molecule has 1 aliphatic carbocycles. The molecule has 0 spiro atoms. The van der Waals surface area contributed by atoms with Crippen LogP contribution in [-0.4, -0.2) is 6.36 Å². The second-order valence-electron chi connectivity index (χ2n) is 6.13. The summed E-state index contributed by atoms with van der Waals surface area (Å²) < 4.78 is 66.7. The van der Waals surface area contributed by atoms with E-state index in [-0.39, 0.29) is 5.56 Å². The largest absolute Gasteiger partial charge is 0.573 e. The van der Waals surface area contributed by atoms with Crippen LogP contribution in [0.5, 0.6) is 5.75 Å². The molecule has 0 amide bonds. The zero-order valence-electron chi connectivity index (χ0n) is 13.8. The molecule has 0 radical (unpaired) electrons. The fourth-order valence-corrected chi connectivity index (χ4v) is 2.94. The molecule has 0 heterocycles. The van der Waals surface area contributed by atoms with E-state index >= 15 is 0 Å². The Hall–Kier alpha value is -2.03. The molecule has 0 unspecified atom stereocenters. The van der Waals surface area contributed by atoms with E-state index in [1.807, 2.05) is 6.08 Å². The molecule has 1 aromatic carbocycles. The normalized spacial score (nSPS) is 21.0. The van der Waals surface area contributed by atoms with E-state index in [1.165, 1.54) is 19.3 Å². The van der Waals surface area contributed by atoms with Crippen LogP contribution in [0.1, 0.15) is 44.6 Å². The maximum atomic E-state index is 13.6. The second-order valence-corrected chi connectivity index (χ2v) is 6.13. The number of benzene rings is 1. The predicted octanol–water partition coefficient (Wildman–Crippen LogP) is 5.99. The van der Waals surface area contributed by atoms with Gasteiger partial charge in [-0.3, -0.25) is 0 Å². The maximum Gasteiger partial charge on any atom is 0.573 e. The molecule has 0 aromatic heterocycles. The first-order chi connectivity index (χ1) is 11.8. The Bertz CT molecular complexity index is 650. The van der Waals surface area contributed by atoms with E-state index in [4.69, 9.17) is 0 Å². The zero-order valence-corrected chi connectivity index (χ0v) is 13.8. The lowest BCUT2D eigenvalue weighted by Gasteiger charge is -2.25. The minimum absolute atomic E-state index is 0.0520. The van der Waals surface area contributed by atoms with Crippen LogP contribution in [0.3, 0.4) is 0 Å². The van der Waals surface area contributed by atoms with E-state index < -0.39 is 23.7 Å². The molecule has 25 heavy (non-hydrogen) atoms. The summed E-state index contributed by atoms with van der Waals surface area (Å²) in [7, 11) is 0. The number of alkyl halides is 3. The molecule has 1 aliphatic rings. The molecule has 0 atom stereocenters. The van der Waals surface area contributed by atoms with Crippen molar-refractivity contribution in [3.63, 3.8) is 0 Å². The maximum absolute atomic E-state index is 13.6. The number of rotatable bonds is 3. The fourth-order valence-electron chi connectivity index (χ4n) is 2.94. The summed E-state index contributed by atoms with van der Waals surface area (Å²) >= 11 is 0. The molecule has 136 valence electrons. The molecule has 0 aliphatic heterocycles. The van der Waals surface area contributed by atoms with Gasteiger partial charge in [-0.15, -0.1) is 13.2 Å². The van der Waals surface area contributed by atoms with Crippen LogP contribution in [0.15, 0.2) is 24.3 Å². The summed E-state index contributed by atoms with van der Waals surface area (Å²) in [6.07, 6.45) is 4.23. The third kappa shape index (κ3) is 6.08. The van der Waals surface area contributed by atoms with Crippen LogP contribution in [0.2, 0.25) is 0 Å². The molecule has 1 saturated carbocycles. The van der Waals surface area contributed by atoms with Crippen molar-refractivity contribution in [2.24, 2.45) is 11.8 Å². The van der Waals surface area contributed by atoms with E-state index in [0.717, 1.165) is 30.9 Å². The number of hydrogen-bond donors (Lipinski definition) is 0. The third-order valence-corrected chi connectivity index (χ3v) is 4.35. The van der Waals surface area contributed by atoms with Gasteiger partial charge in [-0.05, 0) is 55.7 Å². The van der Waals surface area contributed by atoms with Gasteiger partial charge in [0.1, 0.15) is 0 Å². The standard InChI is InChI=1S/C19H19F5O/c1-2-13-7-9-14(10-8-13)5-3-4-6-15-11-16(20)18(17(21)12-15)25-19(22,23)24/h3,5,11-14H,2,7-10H2,1H3. The zero-order chi connectivity index (χ0) is 18.4. The van der Waals surface area contributed by atoms with Gasteiger partial charge in [-0.2, -0.15) is 0 Å². The minimum atomic E-state index is -5.16. The highest BCUT2D eigenvalue weighted by Gasteiger charge is 2.34. The second kappa shape index (κ2) is 8.37. The van der Waals surface area contributed by atoms with Crippen molar-refractivity contribution in [2.75, 3.05) is 0 Å². The molecule has 0 bridgehead atoms. The van der Waals surface area contributed by atoms with Gasteiger partial charge in [0.05, 0.1) is 0 Å². The van der Waals surface area contributed by atoms with Gasteiger partial charge in [-0.1, -0.05) is 31.3 Å². The quantitative estimate of drug-likeness (QED) is 0.476. The van der Waals surface area contributed by atoms with Crippen molar-refractivity contribution >= 4 is 0 Å². The topological polar surface area (TPSA) is 9.23 Å². The predicted molar refractivity (Wildman–Crippen MR) is 84.8 cm³/mol. The van der Waals surface area contributed by atoms with Gasteiger partial charge in [0, 0.05) is 5.56 Å². The fraction of sp³-hybridized carbons (Fsp3) is 0.474. The number of hydrogen-bond acceptors (Lipinski definition) is 1. The molecule has 2 rings (SSSR count). The van der Waals surface area contributed by atoms with Gasteiger partial charge in [0.15, 0.2) is 11.6 Å². The van der Waals surface area contributed by atoms with Crippen molar-refractivity contribution in [3.05, 3.63) is 41.5 Å². The van der Waals surface area contributed by atoms with Crippen LogP contribution >= 0.6 is 0 Å². The summed E-state index contributed by atoms with van der Waals surface area (Å²) in [5.74, 6) is 2.08. The Labute approximate surface area is 143 Å². The molecule has 0 saturated heterocycles. The van der Waals surface area contributed by atoms with Crippen LogP contribution in [-0.2, 0) is 0 Å². The molecule has 1 nitrogen and oxygen atoms in total. The van der Waals surface area contributed by atoms with Crippen LogP contribution in [0, 0.1) is 35.3 Å². The Morgan fingerprint density at radius 1 is 1.12 bits per heavy atom. The number of halogens is 5. The van der Waals surface area contributed by atoms with Crippen LogP contribution in [0.25, 0.3) is 0 Å². The highest BCUT2D eigenvalue weighted by Crippen LogP contribution is 2.31. The Morgan fingerprint density at radius 3 is 2.24 bits per heavy atom. The van der Waals surface area contributed by atoms with Crippen molar-refractivity contribution < 1.29 is 26.7 Å². The van der Waals surface area contributed by atoms with Gasteiger partial charge in [0.25, 0.3) is 0 Å². The molecular weight excluding hydrogens is 339 g/mol. The lowest BCUT2D eigenvalue weighted by molar-refractivity contribution is -0.276. The molecule has 0 N–H and O–H groups in total. The van der Waals surface area contributed by atoms with Crippen molar-refractivity contribution in [1.82, 2.24) is 0 Å². The van der Waals surface area contributed by atoms with Crippen LogP contribution < -0.4 is 4.74 Å². The van der Waals surface area contributed by atoms with Crippen LogP contribution in [0.4, 0.5) is 22.0 Å². The van der Waals surface area contributed by atoms with E-state index in [0.29, 0.717) is 5.92 Å². The summed E-state index contributed by atoms with van der Waals surface area (Å²) in [5, 5.41) is 0. The highest BCUT2D eigenvalue weighted by molar-refractivity contribution is 5.42. The highest BCUT2D eigenvalue weighted by atomic mass is 19.4. The van der Waals surface area contributed by atoms with Crippen molar-refractivity contribution in [3.8, 4) is 17.6 Å². The van der Waals surface area contributed by atoms with Gasteiger partial charge in [-0.25, -0.2) is 8.78 Å². The molecule has 1 fully saturated rings. The van der Waals surface area contributed by atoms with Gasteiger partial charge >= 0.3 is 6.36 Å². The van der Waals surface area contributed by atoms with E-state index in [1.54, 1.807) is 6.08 Å². The third-order valence-electron chi connectivity index (χ3n) is 4.35. The lowest BCUT2D eigenvalue weighted by Crippen LogP contribution is -2.19. The minimum Gasteiger partial charge on any atom is -0.399 e. The monoisotopic (exact) mass is 358 g/mol. The summed E-state index contributed by atoms with van der Waals surface area (Å²) in [4.78, 5) is 0. The average Bonchev–Trinajstić information content (AvgIpc) is 2.55. The number of ether oxygens (including phenoxy) is 1.